The highest BCUT2D eigenvalue weighted by Gasteiger charge is 2.26. The minimum atomic E-state index is -0.220. The molecule has 0 radical (unpaired) electrons. The second kappa shape index (κ2) is 5.44. The number of aromatic nitrogens is 3. The van der Waals surface area contributed by atoms with Gasteiger partial charge in [-0.3, -0.25) is 4.57 Å². The molecule has 106 valence electrons. The van der Waals surface area contributed by atoms with E-state index in [1.54, 1.807) is 23.9 Å². The van der Waals surface area contributed by atoms with Crippen molar-refractivity contribution in [3.05, 3.63) is 30.1 Å². The summed E-state index contributed by atoms with van der Waals surface area (Å²) in [5, 5.41) is 10.1. The Morgan fingerprint density at radius 3 is 2.70 bits per heavy atom. The van der Waals surface area contributed by atoms with Crippen LogP contribution in [0.3, 0.4) is 0 Å². The minimum absolute atomic E-state index is 0.220. The Balaban J connectivity index is 1.86. The summed E-state index contributed by atoms with van der Waals surface area (Å²) in [6.07, 6.45) is 1.11. The predicted octanol–water partition coefficient (Wildman–Crippen LogP) is 3.46. The molecule has 2 aromatic rings. The summed E-state index contributed by atoms with van der Waals surface area (Å²) >= 11 is 1.76. The van der Waals surface area contributed by atoms with Crippen LogP contribution in [-0.4, -0.2) is 26.6 Å². The zero-order valence-electron chi connectivity index (χ0n) is 11.6. The van der Waals surface area contributed by atoms with Crippen molar-refractivity contribution in [2.24, 2.45) is 0 Å². The zero-order valence-corrected chi connectivity index (χ0v) is 12.4. The number of anilines is 2. The fourth-order valence-corrected chi connectivity index (χ4v) is 3.11. The second-order valence-electron chi connectivity index (χ2n) is 4.90. The Hall–Kier alpha value is -1.56. The van der Waals surface area contributed by atoms with E-state index in [-0.39, 0.29) is 5.82 Å². The first-order chi connectivity index (χ1) is 9.69. The quantitative estimate of drug-likeness (QED) is 0.808. The summed E-state index contributed by atoms with van der Waals surface area (Å²) in [4.78, 5) is 2.08. The number of nitrogens with zero attached hydrogens (tertiary/aromatic N) is 4. The molecule has 0 N–H and O–H groups in total. The van der Waals surface area contributed by atoms with Crippen molar-refractivity contribution in [1.82, 2.24) is 14.8 Å². The average Bonchev–Trinajstić information content (AvgIpc) is 3.03. The Morgan fingerprint density at radius 2 is 2.00 bits per heavy atom. The Morgan fingerprint density at radius 1 is 1.25 bits per heavy atom. The molecule has 0 saturated carbocycles. The van der Waals surface area contributed by atoms with Crippen molar-refractivity contribution in [3.8, 4) is 0 Å². The van der Waals surface area contributed by atoms with Crippen LogP contribution < -0.4 is 4.90 Å². The Kier molecular flexibility index (Phi) is 3.65. The van der Waals surface area contributed by atoms with Crippen molar-refractivity contribution in [1.29, 1.82) is 0 Å². The van der Waals surface area contributed by atoms with Crippen LogP contribution in [0, 0.1) is 5.82 Å². The van der Waals surface area contributed by atoms with Crippen LogP contribution in [0.15, 0.2) is 29.4 Å². The molecule has 1 aliphatic rings. The van der Waals surface area contributed by atoms with Gasteiger partial charge in [-0.15, -0.1) is 10.2 Å². The number of benzene rings is 1. The van der Waals surface area contributed by atoms with Crippen LogP contribution in [0.2, 0.25) is 0 Å². The van der Waals surface area contributed by atoms with Crippen LogP contribution >= 0.6 is 11.8 Å². The fourth-order valence-electron chi connectivity index (χ4n) is 2.19. The SMILES string of the molecule is CC[C@@H](C)Sc1nnc2n1CCN2c1ccc(F)cc1. The maximum atomic E-state index is 13.0. The van der Waals surface area contributed by atoms with E-state index in [0.29, 0.717) is 5.25 Å². The number of halogens is 1. The highest BCUT2D eigenvalue weighted by Crippen LogP contribution is 2.33. The normalized spacial score (nSPS) is 15.4. The maximum absolute atomic E-state index is 13.0. The van der Waals surface area contributed by atoms with E-state index >= 15 is 0 Å². The van der Waals surface area contributed by atoms with Gasteiger partial charge in [0.15, 0.2) is 5.16 Å². The van der Waals surface area contributed by atoms with Crippen LogP contribution in [-0.2, 0) is 6.54 Å². The first-order valence-electron chi connectivity index (χ1n) is 6.82. The van der Waals surface area contributed by atoms with Gasteiger partial charge in [-0.2, -0.15) is 0 Å². The van der Waals surface area contributed by atoms with Crippen molar-refractivity contribution in [2.45, 2.75) is 37.2 Å². The zero-order chi connectivity index (χ0) is 14.1. The van der Waals surface area contributed by atoms with E-state index in [0.717, 1.165) is 36.3 Å². The van der Waals surface area contributed by atoms with E-state index < -0.39 is 0 Å². The van der Waals surface area contributed by atoms with Crippen LogP contribution in [0.5, 0.6) is 0 Å². The van der Waals surface area contributed by atoms with Crippen molar-refractivity contribution in [3.63, 3.8) is 0 Å². The molecule has 2 heterocycles. The average molecular weight is 292 g/mol. The van der Waals surface area contributed by atoms with Crippen LogP contribution in [0.25, 0.3) is 0 Å². The molecule has 3 rings (SSSR count). The molecule has 1 aromatic carbocycles. The van der Waals surface area contributed by atoms with Gasteiger partial charge in [-0.25, -0.2) is 4.39 Å². The maximum Gasteiger partial charge on any atom is 0.232 e. The second-order valence-corrected chi connectivity index (χ2v) is 6.30. The van der Waals surface area contributed by atoms with E-state index in [1.807, 2.05) is 0 Å². The molecule has 0 spiro atoms. The van der Waals surface area contributed by atoms with E-state index in [9.17, 15) is 4.39 Å². The molecule has 0 saturated heterocycles. The summed E-state index contributed by atoms with van der Waals surface area (Å²) in [5.41, 5.74) is 0.956. The topological polar surface area (TPSA) is 34.0 Å². The first kappa shape index (κ1) is 13.4. The van der Waals surface area contributed by atoms with Gasteiger partial charge in [0.1, 0.15) is 5.82 Å². The molecule has 1 atom stereocenters. The molecule has 4 nitrogen and oxygen atoms in total. The summed E-state index contributed by atoms with van der Waals surface area (Å²) in [7, 11) is 0. The molecular formula is C14H17FN4S. The smallest absolute Gasteiger partial charge is 0.232 e. The van der Waals surface area contributed by atoms with E-state index in [2.05, 4.69) is 33.5 Å². The summed E-state index contributed by atoms with van der Waals surface area (Å²) in [6, 6.07) is 6.51. The molecule has 0 bridgehead atoms. The molecule has 1 aromatic heterocycles. The van der Waals surface area contributed by atoms with E-state index in [1.165, 1.54) is 12.1 Å². The number of hydrogen-bond donors (Lipinski definition) is 0. The third-order valence-electron chi connectivity index (χ3n) is 3.51. The first-order valence-corrected chi connectivity index (χ1v) is 7.70. The van der Waals surface area contributed by atoms with Gasteiger partial charge < -0.3 is 4.90 Å². The standard InChI is InChI=1S/C14H17FN4S/c1-3-10(2)20-14-17-16-13-18(8-9-19(13)14)12-6-4-11(15)5-7-12/h4-7,10H,3,8-9H2,1-2H3/t10-/m1/s1. The van der Waals surface area contributed by atoms with Gasteiger partial charge in [-0.1, -0.05) is 25.6 Å². The van der Waals surface area contributed by atoms with Gasteiger partial charge in [-0.05, 0) is 30.7 Å². The highest BCUT2D eigenvalue weighted by atomic mass is 32.2. The largest absolute Gasteiger partial charge is 0.309 e. The van der Waals surface area contributed by atoms with Gasteiger partial charge in [0.05, 0.1) is 0 Å². The van der Waals surface area contributed by atoms with Gasteiger partial charge in [0, 0.05) is 24.0 Å². The number of fused-ring (bicyclic) bond motifs is 1. The molecule has 20 heavy (non-hydrogen) atoms. The van der Waals surface area contributed by atoms with E-state index in [4.69, 9.17) is 0 Å². The summed E-state index contributed by atoms with van der Waals surface area (Å²) < 4.78 is 15.1. The van der Waals surface area contributed by atoms with Gasteiger partial charge in [0.25, 0.3) is 0 Å². The third-order valence-corrected chi connectivity index (χ3v) is 4.75. The molecule has 0 unspecified atom stereocenters. The van der Waals surface area contributed by atoms with Gasteiger partial charge >= 0.3 is 0 Å². The van der Waals surface area contributed by atoms with Crippen LogP contribution in [0.4, 0.5) is 16.0 Å². The molecule has 0 amide bonds. The number of rotatable bonds is 4. The molecule has 6 heteroatoms. The number of hydrogen-bond acceptors (Lipinski definition) is 4. The lowest BCUT2D eigenvalue weighted by molar-refractivity contribution is 0.627. The monoisotopic (exact) mass is 292 g/mol. The lowest BCUT2D eigenvalue weighted by Crippen LogP contribution is -2.14. The van der Waals surface area contributed by atoms with Crippen molar-refractivity contribution in [2.75, 3.05) is 11.4 Å². The highest BCUT2D eigenvalue weighted by molar-refractivity contribution is 7.99. The van der Waals surface area contributed by atoms with Gasteiger partial charge in [0.2, 0.25) is 5.95 Å². The third kappa shape index (κ3) is 2.40. The Bertz CT molecular complexity index is 596. The fraction of sp³-hybridized carbons (Fsp3) is 0.429. The molecule has 0 fully saturated rings. The molecular weight excluding hydrogens is 275 g/mol. The summed E-state index contributed by atoms with van der Waals surface area (Å²) in [5.74, 6) is 0.629. The molecule has 0 aliphatic carbocycles. The number of thioether (sulfide) groups is 1. The Labute approximate surface area is 122 Å². The molecule has 1 aliphatic heterocycles. The van der Waals surface area contributed by atoms with Crippen LogP contribution in [0.1, 0.15) is 20.3 Å². The van der Waals surface area contributed by atoms with Crippen molar-refractivity contribution < 1.29 is 4.39 Å². The lowest BCUT2D eigenvalue weighted by atomic mass is 10.3. The summed E-state index contributed by atoms with van der Waals surface area (Å²) in [6.45, 7) is 6.09. The minimum Gasteiger partial charge on any atom is -0.309 e. The predicted molar refractivity (Wildman–Crippen MR) is 79.0 cm³/mol. The lowest BCUT2D eigenvalue weighted by Gasteiger charge is -2.14. The van der Waals surface area contributed by atoms with Crippen molar-refractivity contribution >= 4 is 23.4 Å².